The maximum absolute atomic E-state index is 13.3. The molecule has 18 heavy (non-hydrogen) atoms. The van der Waals surface area contributed by atoms with Crippen LogP contribution in [0.2, 0.25) is 0 Å². The van der Waals surface area contributed by atoms with Crippen LogP contribution in [0.3, 0.4) is 0 Å². The van der Waals surface area contributed by atoms with Gasteiger partial charge in [0.15, 0.2) is 0 Å². The first kappa shape index (κ1) is 13.5. The van der Waals surface area contributed by atoms with E-state index in [1.54, 1.807) is 13.0 Å². The first-order valence-corrected chi connectivity index (χ1v) is 7.00. The first-order chi connectivity index (χ1) is 8.49. The number of aryl methyl sites for hydroxylation is 1. The van der Waals surface area contributed by atoms with Crippen molar-refractivity contribution in [2.75, 3.05) is 0 Å². The summed E-state index contributed by atoms with van der Waals surface area (Å²) in [5, 5.41) is 0. The van der Waals surface area contributed by atoms with E-state index in [0.29, 0.717) is 11.5 Å². The molecule has 1 aliphatic rings. The van der Waals surface area contributed by atoms with Crippen molar-refractivity contribution in [1.29, 1.82) is 0 Å². The highest BCUT2D eigenvalue weighted by molar-refractivity contribution is 5.26. The number of hydrogen-bond acceptors (Lipinski definition) is 1. The molecule has 4 atom stereocenters. The van der Waals surface area contributed by atoms with Crippen LogP contribution in [-0.2, 0) is 0 Å². The van der Waals surface area contributed by atoms with Gasteiger partial charge < -0.3 is 5.73 Å². The van der Waals surface area contributed by atoms with Gasteiger partial charge in [0.25, 0.3) is 0 Å². The van der Waals surface area contributed by atoms with Gasteiger partial charge in [0.1, 0.15) is 5.82 Å². The molecule has 2 N–H and O–H groups in total. The fraction of sp³-hybridized carbons (Fsp3) is 0.625. The molecule has 1 aliphatic carbocycles. The van der Waals surface area contributed by atoms with Crippen molar-refractivity contribution >= 4 is 0 Å². The number of halogens is 1. The summed E-state index contributed by atoms with van der Waals surface area (Å²) in [5.41, 5.74) is 8.15. The second-order valence-electron chi connectivity index (χ2n) is 6.06. The van der Waals surface area contributed by atoms with Gasteiger partial charge in [-0.15, -0.1) is 0 Å². The molecule has 0 amide bonds. The van der Waals surface area contributed by atoms with E-state index in [2.05, 4.69) is 13.8 Å². The zero-order valence-electron chi connectivity index (χ0n) is 11.6. The normalized spacial score (nSPS) is 30.2. The quantitative estimate of drug-likeness (QED) is 0.835. The van der Waals surface area contributed by atoms with Crippen LogP contribution in [0.15, 0.2) is 18.2 Å². The molecule has 1 nitrogen and oxygen atoms in total. The van der Waals surface area contributed by atoms with Crippen LogP contribution in [0.5, 0.6) is 0 Å². The average molecular weight is 249 g/mol. The van der Waals surface area contributed by atoms with Crippen LogP contribution in [0.1, 0.15) is 50.3 Å². The van der Waals surface area contributed by atoms with E-state index in [1.165, 1.54) is 19.3 Å². The maximum atomic E-state index is 13.3. The zero-order valence-corrected chi connectivity index (χ0v) is 11.6. The Morgan fingerprint density at radius 2 is 1.94 bits per heavy atom. The fourth-order valence-corrected chi connectivity index (χ4v) is 3.06. The van der Waals surface area contributed by atoms with E-state index in [1.807, 2.05) is 12.1 Å². The van der Waals surface area contributed by atoms with Crippen molar-refractivity contribution in [2.24, 2.45) is 23.5 Å². The molecule has 1 aromatic rings. The largest absolute Gasteiger partial charge is 0.324 e. The Balaban J connectivity index is 2.11. The Kier molecular flexibility index (Phi) is 4.06. The monoisotopic (exact) mass is 249 g/mol. The standard InChI is InChI=1S/C16H24FN/c1-10-4-5-13(8-11(10)2)16(18)14-6-7-15(17)12(3)9-14/h6-7,9-11,13,16H,4-5,8,18H2,1-3H3. The third-order valence-corrected chi connectivity index (χ3v) is 4.71. The van der Waals surface area contributed by atoms with E-state index in [9.17, 15) is 4.39 Å². The minimum atomic E-state index is -0.142. The van der Waals surface area contributed by atoms with Crippen molar-refractivity contribution in [3.63, 3.8) is 0 Å². The molecule has 4 unspecified atom stereocenters. The molecule has 0 bridgehead atoms. The second kappa shape index (κ2) is 5.40. The second-order valence-corrected chi connectivity index (χ2v) is 6.06. The van der Waals surface area contributed by atoms with E-state index in [0.717, 1.165) is 17.4 Å². The Hall–Kier alpha value is -0.890. The van der Waals surface area contributed by atoms with E-state index >= 15 is 0 Å². The topological polar surface area (TPSA) is 26.0 Å². The molecular formula is C16H24FN. The lowest BCUT2D eigenvalue weighted by atomic mass is 9.72. The predicted octanol–water partition coefficient (Wildman–Crippen LogP) is 4.21. The van der Waals surface area contributed by atoms with Gasteiger partial charge in [-0.3, -0.25) is 0 Å². The predicted molar refractivity (Wildman–Crippen MR) is 73.7 cm³/mol. The van der Waals surface area contributed by atoms with E-state index < -0.39 is 0 Å². The molecule has 0 heterocycles. The molecular weight excluding hydrogens is 225 g/mol. The van der Waals surface area contributed by atoms with Gasteiger partial charge in [-0.25, -0.2) is 4.39 Å². The van der Waals surface area contributed by atoms with Crippen LogP contribution in [-0.4, -0.2) is 0 Å². The molecule has 1 aromatic carbocycles. The zero-order chi connectivity index (χ0) is 13.3. The minimum Gasteiger partial charge on any atom is -0.324 e. The Labute approximate surface area is 110 Å². The van der Waals surface area contributed by atoms with Gasteiger partial charge in [-0.2, -0.15) is 0 Å². The highest BCUT2D eigenvalue weighted by Gasteiger charge is 2.29. The van der Waals surface area contributed by atoms with Crippen molar-refractivity contribution in [1.82, 2.24) is 0 Å². The lowest BCUT2D eigenvalue weighted by Gasteiger charge is -2.35. The third kappa shape index (κ3) is 2.74. The molecule has 0 aromatic heterocycles. The van der Waals surface area contributed by atoms with Crippen LogP contribution in [0.4, 0.5) is 4.39 Å². The van der Waals surface area contributed by atoms with Crippen LogP contribution in [0, 0.1) is 30.5 Å². The summed E-state index contributed by atoms with van der Waals surface area (Å²) >= 11 is 0. The molecule has 0 saturated heterocycles. The fourth-order valence-electron chi connectivity index (χ4n) is 3.06. The molecule has 100 valence electrons. The van der Waals surface area contributed by atoms with E-state index in [4.69, 9.17) is 5.73 Å². The average Bonchev–Trinajstić information content (AvgIpc) is 2.35. The van der Waals surface area contributed by atoms with Crippen LogP contribution < -0.4 is 5.73 Å². The SMILES string of the molecule is Cc1cc(C(N)C2CCC(C)C(C)C2)ccc1F. The summed E-state index contributed by atoms with van der Waals surface area (Å²) < 4.78 is 13.3. The highest BCUT2D eigenvalue weighted by atomic mass is 19.1. The van der Waals surface area contributed by atoms with Gasteiger partial charge >= 0.3 is 0 Å². The maximum Gasteiger partial charge on any atom is 0.126 e. The smallest absolute Gasteiger partial charge is 0.126 e. The Morgan fingerprint density at radius 3 is 2.56 bits per heavy atom. The molecule has 1 saturated carbocycles. The highest BCUT2D eigenvalue weighted by Crippen LogP contribution is 2.38. The van der Waals surface area contributed by atoms with Crippen LogP contribution >= 0.6 is 0 Å². The third-order valence-electron chi connectivity index (χ3n) is 4.71. The summed E-state index contributed by atoms with van der Waals surface area (Å²) in [4.78, 5) is 0. The van der Waals surface area contributed by atoms with Crippen LogP contribution in [0.25, 0.3) is 0 Å². The first-order valence-electron chi connectivity index (χ1n) is 7.00. The molecule has 0 spiro atoms. The molecule has 0 aliphatic heterocycles. The van der Waals surface area contributed by atoms with Gasteiger partial charge in [0, 0.05) is 6.04 Å². The summed E-state index contributed by atoms with van der Waals surface area (Å²) in [6.45, 7) is 6.45. The Morgan fingerprint density at radius 1 is 1.22 bits per heavy atom. The van der Waals surface area contributed by atoms with Crippen molar-refractivity contribution in [2.45, 2.75) is 46.1 Å². The minimum absolute atomic E-state index is 0.0549. The number of rotatable bonds is 2. The van der Waals surface area contributed by atoms with Crippen molar-refractivity contribution in [3.05, 3.63) is 35.1 Å². The molecule has 0 radical (unpaired) electrons. The summed E-state index contributed by atoms with van der Waals surface area (Å²) in [5.74, 6) is 1.96. The van der Waals surface area contributed by atoms with E-state index in [-0.39, 0.29) is 11.9 Å². The number of nitrogens with two attached hydrogens (primary N) is 1. The lowest BCUT2D eigenvalue weighted by molar-refractivity contribution is 0.186. The summed E-state index contributed by atoms with van der Waals surface area (Å²) in [6, 6.07) is 5.34. The number of hydrogen-bond donors (Lipinski definition) is 1. The Bertz CT molecular complexity index is 416. The summed E-state index contributed by atoms with van der Waals surface area (Å²) in [6.07, 6.45) is 3.65. The molecule has 2 heteroatoms. The van der Waals surface area contributed by atoms with Crippen molar-refractivity contribution in [3.8, 4) is 0 Å². The van der Waals surface area contributed by atoms with Gasteiger partial charge in [-0.1, -0.05) is 32.4 Å². The molecule has 2 rings (SSSR count). The van der Waals surface area contributed by atoms with Gasteiger partial charge in [0.2, 0.25) is 0 Å². The lowest BCUT2D eigenvalue weighted by Crippen LogP contribution is -2.29. The van der Waals surface area contributed by atoms with Crippen molar-refractivity contribution < 1.29 is 4.39 Å². The summed E-state index contributed by atoms with van der Waals surface area (Å²) in [7, 11) is 0. The number of benzene rings is 1. The molecule has 1 fully saturated rings. The van der Waals surface area contributed by atoms with Gasteiger partial charge in [-0.05, 0) is 54.7 Å². The van der Waals surface area contributed by atoms with Gasteiger partial charge in [0.05, 0.1) is 0 Å².